The van der Waals surface area contributed by atoms with Crippen molar-refractivity contribution in [1.29, 1.82) is 0 Å². The highest BCUT2D eigenvalue weighted by Crippen LogP contribution is 2.19. The molecule has 30 heavy (non-hydrogen) atoms. The van der Waals surface area contributed by atoms with Crippen LogP contribution in [0.3, 0.4) is 0 Å². The maximum atomic E-state index is 12.4. The van der Waals surface area contributed by atoms with Crippen LogP contribution in [0.4, 0.5) is 0 Å². The molecule has 0 aromatic heterocycles. The average Bonchev–Trinajstić information content (AvgIpc) is 2.61. The minimum absolute atomic E-state index is 0.0256. The summed E-state index contributed by atoms with van der Waals surface area (Å²) in [5, 5.41) is 11.5. The lowest BCUT2D eigenvalue weighted by atomic mass is 9.90. The van der Waals surface area contributed by atoms with Crippen LogP contribution in [0, 0.1) is 10.8 Å². The number of amides is 4. The minimum atomic E-state index is -0.596. The quantitative estimate of drug-likeness (QED) is 0.518. The molecule has 172 valence electrons. The molecular formula is C22H40N4O4. The van der Waals surface area contributed by atoms with E-state index < -0.39 is 22.9 Å². The van der Waals surface area contributed by atoms with Gasteiger partial charge in [-0.1, -0.05) is 41.5 Å². The Hall–Kier alpha value is -2.12. The molecule has 1 fully saturated rings. The van der Waals surface area contributed by atoms with E-state index in [1.165, 1.54) is 0 Å². The van der Waals surface area contributed by atoms with Gasteiger partial charge < -0.3 is 21.3 Å². The highest BCUT2D eigenvalue weighted by Gasteiger charge is 2.29. The summed E-state index contributed by atoms with van der Waals surface area (Å²) in [6, 6.07) is -1.14. The van der Waals surface area contributed by atoms with Crippen LogP contribution in [-0.2, 0) is 19.2 Å². The molecule has 8 heteroatoms. The minimum Gasteiger partial charge on any atom is -0.352 e. The van der Waals surface area contributed by atoms with Gasteiger partial charge in [0, 0.05) is 22.9 Å². The predicted octanol–water partition coefficient (Wildman–Crippen LogP) is 1.63. The van der Waals surface area contributed by atoms with Crippen molar-refractivity contribution >= 4 is 23.6 Å². The topological polar surface area (TPSA) is 116 Å². The number of carbonyl (C=O) groups is 4. The first-order valence-electron chi connectivity index (χ1n) is 10.8. The standard InChI is InChI=1S/C22H40N4O4/c1-13(23-19(29)21(3,4)5)17(27)25-15-9-11-16(12-10-15)26-18(28)14(2)24-20(30)22(6,7)8/h13-16H,9-12H2,1-8H3,(H,23,29)(H,24,30)(H,25,27)(H,26,28). The van der Waals surface area contributed by atoms with Gasteiger partial charge in [-0.15, -0.1) is 0 Å². The van der Waals surface area contributed by atoms with E-state index >= 15 is 0 Å². The number of carbonyl (C=O) groups excluding carboxylic acids is 4. The van der Waals surface area contributed by atoms with Gasteiger partial charge in [0.2, 0.25) is 23.6 Å². The van der Waals surface area contributed by atoms with Crippen LogP contribution in [0.1, 0.15) is 81.1 Å². The molecule has 4 N–H and O–H groups in total. The van der Waals surface area contributed by atoms with E-state index in [-0.39, 0.29) is 35.7 Å². The summed E-state index contributed by atoms with van der Waals surface area (Å²) < 4.78 is 0. The zero-order valence-electron chi connectivity index (χ0n) is 19.8. The Kier molecular flexibility index (Phi) is 8.87. The summed E-state index contributed by atoms with van der Waals surface area (Å²) in [6.45, 7) is 14.2. The van der Waals surface area contributed by atoms with E-state index in [2.05, 4.69) is 21.3 Å². The van der Waals surface area contributed by atoms with E-state index in [1.54, 1.807) is 55.4 Å². The fourth-order valence-electron chi connectivity index (χ4n) is 2.99. The highest BCUT2D eigenvalue weighted by atomic mass is 16.2. The molecule has 8 nitrogen and oxygen atoms in total. The van der Waals surface area contributed by atoms with E-state index in [1.807, 2.05) is 0 Å². The smallest absolute Gasteiger partial charge is 0.242 e. The third-order valence-electron chi connectivity index (χ3n) is 5.26. The van der Waals surface area contributed by atoms with Gasteiger partial charge in [0.15, 0.2) is 0 Å². The summed E-state index contributed by atoms with van der Waals surface area (Å²) in [5.41, 5.74) is -1.09. The van der Waals surface area contributed by atoms with Gasteiger partial charge in [-0.05, 0) is 39.5 Å². The number of nitrogens with one attached hydrogen (secondary N) is 4. The van der Waals surface area contributed by atoms with Crippen molar-refractivity contribution in [3.8, 4) is 0 Å². The zero-order valence-corrected chi connectivity index (χ0v) is 19.8. The maximum Gasteiger partial charge on any atom is 0.242 e. The molecule has 1 saturated carbocycles. The first kappa shape index (κ1) is 25.9. The summed E-state index contributed by atoms with van der Waals surface area (Å²) >= 11 is 0. The van der Waals surface area contributed by atoms with E-state index in [0.717, 1.165) is 25.7 Å². The summed E-state index contributed by atoms with van der Waals surface area (Å²) in [4.78, 5) is 48.8. The lowest BCUT2D eigenvalue weighted by Gasteiger charge is -2.31. The summed E-state index contributed by atoms with van der Waals surface area (Å²) in [7, 11) is 0. The van der Waals surface area contributed by atoms with Crippen molar-refractivity contribution in [2.45, 2.75) is 105 Å². The lowest BCUT2D eigenvalue weighted by Crippen LogP contribution is -2.53. The molecular weight excluding hydrogens is 384 g/mol. The average molecular weight is 425 g/mol. The third-order valence-corrected chi connectivity index (χ3v) is 5.26. The molecule has 1 rings (SSSR count). The second kappa shape index (κ2) is 10.3. The Bertz CT molecular complexity index is 585. The molecule has 0 heterocycles. The van der Waals surface area contributed by atoms with Gasteiger partial charge in [-0.25, -0.2) is 0 Å². The Labute approximate surface area is 180 Å². The molecule has 0 bridgehead atoms. The number of hydrogen-bond donors (Lipinski definition) is 4. The number of hydrogen-bond acceptors (Lipinski definition) is 4. The molecule has 4 amide bonds. The monoisotopic (exact) mass is 424 g/mol. The highest BCUT2D eigenvalue weighted by molar-refractivity contribution is 5.90. The van der Waals surface area contributed by atoms with Crippen LogP contribution in [0.5, 0.6) is 0 Å². The molecule has 1 aliphatic rings. The van der Waals surface area contributed by atoms with Gasteiger partial charge in [-0.3, -0.25) is 19.2 Å². The van der Waals surface area contributed by atoms with Crippen LogP contribution in [-0.4, -0.2) is 47.8 Å². The summed E-state index contributed by atoms with van der Waals surface area (Å²) in [5.74, 6) is -0.717. The van der Waals surface area contributed by atoms with Gasteiger partial charge in [0.1, 0.15) is 12.1 Å². The predicted molar refractivity (Wildman–Crippen MR) is 116 cm³/mol. The van der Waals surface area contributed by atoms with E-state index in [4.69, 9.17) is 0 Å². The Balaban J connectivity index is 2.41. The molecule has 1 aliphatic carbocycles. The first-order valence-corrected chi connectivity index (χ1v) is 10.8. The molecule has 0 saturated heterocycles. The molecule has 0 aliphatic heterocycles. The van der Waals surface area contributed by atoms with Crippen molar-refractivity contribution < 1.29 is 19.2 Å². The van der Waals surface area contributed by atoms with Crippen molar-refractivity contribution in [2.24, 2.45) is 10.8 Å². The normalized spacial score (nSPS) is 21.7. The second-order valence-corrected chi connectivity index (χ2v) is 10.5. The van der Waals surface area contributed by atoms with Gasteiger partial charge in [0.05, 0.1) is 0 Å². The second-order valence-electron chi connectivity index (χ2n) is 10.5. The Morgan fingerprint density at radius 2 is 0.900 bits per heavy atom. The molecule has 2 atom stereocenters. The fourth-order valence-corrected chi connectivity index (χ4v) is 2.99. The van der Waals surface area contributed by atoms with Crippen molar-refractivity contribution in [3.63, 3.8) is 0 Å². The lowest BCUT2D eigenvalue weighted by molar-refractivity contribution is -0.133. The fraction of sp³-hybridized carbons (Fsp3) is 0.818. The third kappa shape index (κ3) is 8.32. The van der Waals surface area contributed by atoms with Crippen LogP contribution >= 0.6 is 0 Å². The SMILES string of the molecule is CC(NC(=O)C(C)(C)C)C(=O)NC1CCC(NC(=O)C(C)NC(=O)C(C)(C)C)CC1. The molecule has 2 unspecified atom stereocenters. The van der Waals surface area contributed by atoms with Gasteiger partial charge in [-0.2, -0.15) is 0 Å². The van der Waals surface area contributed by atoms with Crippen LogP contribution < -0.4 is 21.3 Å². The summed E-state index contributed by atoms with van der Waals surface area (Å²) in [6.07, 6.45) is 3.00. The molecule has 0 spiro atoms. The van der Waals surface area contributed by atoms with Crippen molar-refractivity contribution in [2.75, 3.05) is 0 Å². The van der Waals surface area contributed by atoms with Crippen LogP contribution in [0.15, 0.2) is 0 Å². The Morgan fingerprint density at radius 3 is 1.13 bits per heavy atom. The van der Waals surface area contributed by atoms with Gasteiger partial charge in [0.25, 0.3) is 0 Å². The molecule has 0 radical (unpaired) electrons. The van der Waals surface area contributed by atoms with E-state index in [0.29, 0.717) is 0 Å². The Morgan fingerprint density at radius 1 is 0.633 bits per heavy atom. The maximum absolute atomic E-state index is 12.4. The first-order chi connectivity index (χ1) is 13.6. The van der Waals surface area contributed by atoms with Crippen LogP contribution in [0.25, 0.3) is 0 Å². The van der Waals surface area contributed by atoms with Gasteiger partial charge >= 0.3 is 0 Å². The van der Waals surface area contributed by atoms with Crippen molar-refractivity contribution in [3.05, 3.63) is 0 Å². The molecule has 0 aromatic carbocycles. The molecule has 0 aromatic rings. The zero-order chi connectivity index (χ0) is 23.3. The largest absolute Gasteiger partial charge is 0.352 e. The van der Waals surface area contributed by atoms with Crippen molar-refractivity contribution in [1.82, 2.24) is 21.3 Å². The van der Waals surface area contributed by atoms with E-state index in [9.17, 15) is 19.2 Å². The van der Waals surface area contributed by atoms with Crippen LogP contribution in [0.2, 0.25) is 0 Å². The number of rotatable bonds is 6.